The van der Waals surface area contributed by atoms with Crippen LogP contribution in [0.4, 0.5) is 0 Å². The second kappa shape index (κ2) is 8.20. The summed E-state index contributed by atoms with van der Waals surface area (Å²) in [5.41, 5.74) is 0. The summed E-state index contributed by atoms with van der Waals surface area (Å²) in [7, 11) is -3.15. The zero-order chi connectivity index (χ0) is 14.5. The number of sulfone groups is 1. The fraction of sp³-hybridized carbons (Fsp3) is 0.923. The quantitative estimate of drug-likeness (QED) is 0.767. The minimum atomic E-state index is -3.15. The van der Waals surface area contributed by atoms with Crippen molar-refractivity contribution in [2.75, 3.05) is 25.4 Å². The van der Waals surface area contributed by atoms with E-state index in [1.165, 1.54) is 0 Å². The molecule has 0 aromatic heterocycles. The summed E-state index contributed by atoms with van der Waals surface area (Å²) in [5.74, 6) is 0.549. The molecule has 0 aromatic carbocycles. The Morgan fingerprint density at radius 3 is 2.50 bits per heavy atom. The molecule has 1 aliphatic rings. The van der Waals surface area contributed by atoms with Gasteiger partial charge in [0.05, 0.1) is 10.5 Å². The van der Waals surface area contributed by atoms with E-state index in [9.17, 15) is 13.2 Å². The third-order valence-corrected chi connectivity index (χ3v) is 6.18. The Balaban J connectivity index is 0.00000361. The van der Waals surface area contributed by atoms with E-state index < -0.39 is 14.6 Å². The first-order valence-electron chi connectivity index (χ1n) is 6.92. The average Bonchev–Trinajstić information content (AvgIpc) is 2.77. The maximum absolute atomic E-state index is 11.8. The van der Waals surface area contributed by atoms with Crippen molar-refractivity contribution in [1.82, 2.24) is 10.6 Å². The molecule has 5 nitrogen and oxygen atoms in total. The van der Waals surface area contributed by atoms with E-state index in [-0.39, 0.29) is 30.6 Å². The highest BCUT2D eigenvalue weighted by Gasteiger charge is 2.28. The van der Waals surface area contributed by atoms with Crippen LogP contribution in [0.3, 0.4) is 0 Å². The van der Waals surface area contributed by atoms with E-state index in [2.05, 4.69) is 10.6 Å². The molecule has 0 aliphatic carbocycles. The highest BCUT2D eigenvalue weighted by atomic mass is 35.5. The number of carbonyl (C=O) groups is 1. The fourth-order valence-electron chi connectivity index (χ4n) is 2.02. The van der Waals surface area contributed by atoms with E-state index in [0.29, 0.717) is 12.3 Å². The number of hydrogen-bond acceptors (Lipinski definition) is 4. The zero-order valence-corrected chi connectivity index (χ0v) is 14.2. The van der Waals surface area contributed by atoms with Gasteiger partial charge in [-0.1, -0.05) is 0 Å². The van der Waals surface area contributed by atoms with Gasteiger partial charge in [-0.15, -0.1) is 12.4 Å². The first kappa shape index (κ1) is 19.7. The van der Waals surface area contributed by atoms with Gasteiger partial charge >= 0.3 is 0 Å². The van der Waals surface area contributed by atoms with E-state index in [1.54, 1.807) is 20.8 Å². The van der Waals surface area contributed by atoms with E-state index in [4.69, 9.17) is 0 Å². The van der Waals surface area contributed by atoms with Gasteiger partial charge < -0.3 is 10.6 Å². The third kappa shape index (κ3) is 6.41. The summed E-state index contributed by atoms with van der Waals surface area (Å²) in [5, 5.41) is 5.96. The van der Waals surface area contributed by atoms with Crippen molar-refractivity contribution in [1.29, 1.82) is 0 Å². The minimum absolute atomic E-state index is 0. The summed E-state index contributed by atoms with van der Waals surface area (Å²) >= 11 is 0. The molecule has 20 heavy (non-hydrogen) atoms. The first-order chi connectivity index (χ1) is 8.72. The van der Waals surface area contributed by atoms with Crippen LogP contribution in [-0.2, 0) is 14.6 Å². The van der Waals surface area contributed by atoms with Gasteiger partial charge in [-0.25, -0.2) is 8.42 Å². The van der Waals surface area contributed by atoms with Crippen LogP contribution in [0, 0.1) is 5.92 Å². The summed E-state index contributed by atoms with van der Waals surface area (Å²) in [6.07, 6.45) is 2.50. The minimum Gasteiger partial charge on any atom is -0.355 e. The smallest absolute Gasteiger partial charge is 0.220 e. The lowest BCUT2D eigenvalue weighted by molar-refractivity contribution is -0.121. The van der Waals surface area contributed by atoms with Gasteiger partial charge in [0.25, 0.3) is 0 Å². The van der Waals surface area contributed by atoms with Gasteiger partial charge in [-0.05, 0) is 52.6 Å². The van der Waals surface area contributed by atoms with Crippen LogP contribution in [0.5, 0.6) is 0 Å². The van der Waals surface area contributed by atoms with Crippen molar-refractivity contribution < 1.29 is 13.2 Å². The van der Waals surface area contributed by atoms with Gasteiger partial charge in [0.15, 0.2) is 9.84 Å². The molecule has 0 spiro atoms. The number of hydrogen-bond donors (Lipinski definition) is 2. The van der Waals surface area contributed by atoms with Crippen LogP contribution in [0.25, 0.3) is 0 Å². The number of rotatable bonds is 6. The lowest BCUT2D eigenvalue weighted by Gasteiger charge is -2.19. The van der Waals surface area contributed by atoms with E-state index in [1.807, 2.05) is 0 Å². The van der Waals surface area contributed by atoms with Crippen molar-refractivity contribution >= 4 is 28.2 Å². The van der Waals surface area contributed by atoms with Gasteiger partial charge in [0, 0.05) is 13.0 Å². The Bertz CT molecular complexity index is 398. The Morgan fingerprint density at radius 2 is 2.00 bits per heavy atom. The molecule has 2 N–H and O–H groups in total. The van der Waals surface area contributed by atoms with Crippen LogP contribution in [0.1, 0.15) is 40.0 Å². The molecule has 0 radical (unpaired) electrons. The third-order valence-electron chi connectivity index (χ3n) is 3.57. The average molecular weight is 327 g/mol. The number of nitrogens with one attached hydrogen (secondary N) is 2. The molecule has 0 saturated carbocycles. The van der Waals surface area contributed by atoms with Crippen LogP contribution >= 0.6 is 12.4 Å². The van der Waals surface area contributed by atoms with E-state index in [0.717, 1.165) is 25.9 Å². The maximum atomic E-state index is 11.8. The molecule has 0 bridgehead atoms. The second-order valence-electron chi connectivity index (χ2n) is 6.18. The normalized spacial score (nSPS) is 19.4. The molecule has 1 amide bonds. The van der Waals surface area contributed by atoms with Crippen molar-refractivity contribution in [3.63, 3.8) is 0 Å². The number of amides is 1. The summed E-state index contributed by atoms with van der Waals surface area (Å²) in [4.78, 5) is 11.6. The molecular weight excluding hydrogens is 300 g/mol. The van der Waals surface area contributed by atoms with Gasteiger partial charge in [0.2, 0.25) is 5.91 Å². The van der Waals surface area contributed by atoms with Crippen LogP contribution < -0.4 is 10.6 Å². The molecule has 7 heteroatoms. The van der Waals surface area contributed by atoms with Crippen molar-refractivity contribution in [2.24, 2.45) is 5.92 Å². The molecule has 1 heterocycles. The van der Waals surface area contributed by atoms with Gasteiger partial charge in [-0.3, -0.25) is 4.79 Å². The summed E-state index contributed by atoms with van der Waals surface area (Å²) in [6.45, 7) is 7.27. The monoisotopic (exact) mass is 326 g/mol. The molecule has 1 fully saturated rings. The lowest BCUT2D eigenvalue weighted by Crippen LogP contribution is -2.36. The molecule has 120 valence electrons. The SMILES string of the molecule is CC(C)(C)S(=O)(=O)CCNC(=O)CCC1CCNC1.Cl. The van der Waals surface area contributed by atoms with Gasteiger partial charge in [0.1, 0.15) is 0 Å². The highest BCUT2D eigenvalue weighted by Crippen LogP contribution is 2.15. The Kier molecular flexibility index (Phi) is 8.06. The second-order valence-corrected chi connectivity index (χ2v) is 9.04. The molecule has 1 unspecified atom stereocenters. The van der Waals surface area contributed by atoms with Crippen molar-refractivity contribution in [3.05, 3.63) is 0 Å². The Morgan fingerprint density at radius 1 is 1.35 bits per heavy atom. The molecule has 1 saturated heterocycles. The van der Waals surface area contributed by atoms with Crippen LogP contribution in [0.2, 0.25) is 0 Å². The van der Waals surface area contributed by atoms with Crippen LogP contribution in [-0.4, -0.2) is 44.5 Å². The number of carbonyl (C=O) groups excluding carboxylic acids is 1. The predicted octanol–water partition coefficient (Wildman–Crippen LogP) is 1.13. The standard InChI is InChI=1S/C13H26N2O3S.ClH/c1-13(2,3)19(17,18)9-8-15-12(16)5-4-11-6-7-14-10-11;/h11,14H,4-10H2,1-3H3,(H,15,16);1H. The maximum Gasteiger partial charge on any atom is 0.220 e. The van der Waals surface area contributed by atoms with Crippen molar-refractivity contribution in [3.8, 4) is 0 Å². The van der Waals surface area contributed by atoms with Crippen molar-refractivity contribution in [2.45, 2.75) is 44.8 Å². The topological polar surface area (TPSA) is 75.3 Å². The molecule has 1 rings (SSSR count). The lowest BCUT2D eigenvalue weighted by atomic mass is 10.0. The van der Waals surface area contributed by atoms with Crippen LogP contribution in [0.15, 0.2) is 0 Å². The first-order valence-corrected chi connectivity index (χ1v) is 8.57. The molecule has 1 atom stereocenters. The molecular formula is C13H27ClN2O3S. The summed E-state index contributed by atoms with van der Waals surface area (Å²) in [6, 6.07) is 0. The zero-order valence-electron chi connectivity index (χ0n) is 12.6. The molecule has 1 aliphatic heterocycles. The largest absolute Gasteiger partial charge is 0.355 e. The summed E-state index contributed by atoms with van der Waals surface area (Å²) < 4.78 is 22.9. The Hall–Kier alpha value is -0.330. The predicted molar refractivity (Wildman–Crippen MR) is 84.0 cm³/mol. The highest BCUT2D eigenvalue weighted by molar-refractivity contribution is 7.92. The number of halogens is 1. The van der Waals surface area contributed by atoms with Gasteiger partial charge in [-0.2, -0.15) is 0 Å². The molecule has 0 aromatic rings. The fourth-order valence-corrected chi connectivity index (χ4v) is 3.00. The Labute approximate surface area is 128 Å². The van der Waals surface area contributed by atoms with E-state index >= 15 is 0 Å².